The summed E-state index contributed by atoms with van der Waals surface area (Å²) in [6, 6.07) is 5.08. The largest absolute Gasteiger partial charge is 0.493 e. The molecule has 0 spiro atoms. The fraction of sp³-hybridized carbons (Fsp3) is 0.476. The number of carboxylic acids is 1. The minimum atomic E-state index is -1.06. The number of aromatic nitrogens is 3. The Balaban J connectivity index is 1.49. The molecule has 4 rings (SSSR count). The van der Waals surface area contributed by atoms with Crippen LogP contribution in [0.3, 0.4) is 0 Å². The Morgan fingerprint density at radius 3 is 2.48 bits per heavy atom. The Labute approximate surface area is 191 Å². The Morgan fingerprint density at radius 1 is 1.12 bits per heavy atom. The fourth-order valence-corrected chi connectivity index (χ4v) is 3.55. The van der Waals surface area contributed by atoms with E-state index < -0.39 is 12.6 Å². The lowest BCUT2D eigenvalue weighted by atomic mass is 10.2. The van der Waals surface area contributed by atoms with Crippen molar-refractivity contribution in [2.45, 2.75) is 12.8 Å². The number of benzene rings is 1. The SMILES string of the molecule is COc1cc(/C=N/Nc2nc(N3CCCC3)nc(N3CCOCC3)n2)ccc1OCC(=O)O. The van der Waals surface area contributed by atoms with E-state index in [1.54, 1.807) is 24.4 Å². The molecular weight excluding hydrogens is 430 g/mol. The first-order valence-electron chi connectivity index (χ1n) is 10.8. The summed E-state index contributed by atoms with van der Waals surface area (Å²) >= 11 is 0. The van der Waals surface area contributed by atoms with Crippen molar-refractivity contribution < 1.29 is 24.1 Å². The number of aliphatic carboxylic acids is 1. The van der Waals surface area contributed by atoms with Crippen molar-refractivity contribution in [2.75, 3.05) is 68.3 Å². The number of carbonyl (C=O) groups is 1. The molecule has 2 fully saturated rings. The van der Waals surface area contributed by atoms with Gasteiger partial charge in [-0.05, 0) is 36.6 Å². The van der Waals surface area contributed by atoms with Crippen LogP contribution in [0.15, 0.2) is 23.3 Å². The lowest BCUT2D eigenvalue weighted by molar-refractivity contribution is -0.139. The molecule has 0 radical (unpaired) electrons. The van der Waals surface area contributed by atoms with Gasteiger partial charge in [0.05, 0.1) is 26.5 Å². The molecule has 0 amide bonds. The van der Waals surface area contributed by atoms with Crippen molar-refractivity contribution in [3.63, 3.8) is 0 Å². The number of hydrazone groups is 1. The number of methoxy groups -OCH3 is 1. The summed E-state index contributed by atoms with van der Waals surface area (Å²) < 4.78 is 15.9. The zero-order valence-corrected chi connectivity index (χ0v) is 18.4. The normalized spacial score (nSPS) is 16.3. The van der Waals surface area contributed by atoms with E-state index in [4.69, 9.17) is 19.3 Å². The van der Waals surface area contributed by atoms with Gasteiger partial charge in [-0.2, -0.15) is 20.1 Å². The summed E-state index contributed by atoms with van der Waals surface area (Å²) in [7, 11) is 1.49. The zero-order valence-electron chi connectivity index (χ0n) is 18.4. The molecule has 0 unspecified atom stereocenters. The topological polar surface area (TPSA) is 135 Å². The molecule has 176 valence electrons. The molecule has 2 N–H and O–H groups in total. The van der Waals surface area contributed by atoms with Gasteiger partial charge in [-0.15, -0.1) is 0 Å². The molecular formula is C21H27N7O5. The molecule has 2 aromatic rings. The molecule has 1 aromatic carbocycles. The molecule has 2 aliphatic heterocycles. The molecule has 0 bridgehead atoms. The van der Waals surface area contributed by atoms with Gasteiger partial charge in [-0.1, -0.05) is 0 Å². The Morgan fingerprint density at radius 2 is 1.82 bits per heavy atom. The second-order valence-corrected chi connectivity index (χ2v) is 7.52. The Bertz CT molecular complexity index is 991. The maximum Gasteiger partial charge on any atom is 0.341 e. The van der Waals surface area contributed by atoms with Crippen LogP contribution in [-0.4, -0.2) is 85.4 Å². The van der Waals surface area contributed by atoms with E-state index in [0.29, 0.717) is 42.6 Å². The van der Waals surface area contributed by atoms with Gasteiger partial charge in [0.15, 0.2) is 18.1 Å². The summed E-state index contributed by atoms with van der Waals surface area (Å²) in [6.07, 6.45) is 3.83. The van der Waals surface area contributed by atoms with E-state index in [9.17, 15) is 4.79 Å². The number of nitrogens with one attached hydrogen (secondary N) is 1. The highest BCUT2D eigenvalue weighted by Crippen LogP contribution is 2.27. The van der Waals surface area contributed by atoms with Gasteiger partial charge in [-0.3, -0.25) is 0 Å². The first kappa shape index (κ1) is 22.5. The highest BCUT2D eigenvalue weighted by Gasteiger charge is 2.21. The summed E-state index contributed by atoms with van der Waals surface area (Å²) in [4.78, 5) is 28.7. The first-order valence-corrected chi connectivity index (χ1v) is 10.8. The van der Waals surface area contributed by atoms with Crippen molar-refractivity contribution in [1.29, 1.82) is 0 Å². The van der Waals surface area contributed by atoms with Gasteiger partial charge in [0.1, 0.15) is 0 Å². The minimum Gasteiger partial charge on any atom is -0.493 e. The van der Waals surface area contributed by atoms with E-state index in [0.717, 1.165) is 44.6 Å². The Kier molecular flexibility index (Phi) is 7.35. The average Bonchev–Trinajstić information content (AvgIpc) is 3.38. The quantitative estimate of drug-likeness (QED) is 0.416. The van der Waals surface area contributed by atoms with Crippen molar-refractivity contribution in [1.82, 2.24) is 15.0 Å². The van der Waals surface area contributed by atoms with Crippen LogP contribution in [0.5, 0.6) is 11.5 Å². The van der Waals surface area contributed by atoms with E-state index >= 15 is 0 Å². The molecule has 12 heteroatoms. The number of carboxylic acid groups (broad SMARTS) is 1. The molecule has 0 saturated carbocycles. The van der Waals surface area contributed by atoms with Crippen LogP contribution in [-0.2, 0) is 9.53 Å². The second-order valence-electron chi connectivity index (χ2n) is 7.52. The number of hydrogen-bond donors (Lipinski definition) is 2. The summed E-state index contributed by atoms with van der Waals surface area (Å²) in [5.41, 5.74) is 3.63. The maximum atomic E-state index is 10.7. The van der Waals surface area contributed by atoms with Crippen LogP contribution < -0.4 is 24.7 Å². The summed E-state index contributed by atoms with van der Waals surface area (Å²) in [5.74, 6) is 1.30. The predicted octanol–water partition coefficient (Wildman–Crippen LogP) is 1.23. The van der Waals surface area contributed by atoms with Crippen molar-refractivity contribution in [3.05, 3.63) is 23.8 Å². The summed E-state index contributed by atoms with van der Waals surface area (Å²) in [6.45, 7) is 4.12. The van der Waals surface area contributed by atoms with Gasteiger partial charge in [0.25, 0.3) is 0 Å². The first-order chi connectivity index (χ1) is 16.1. The van der Waals surface area contributed by atoms with Crippen molar-refractivity contribution in [2.24, 2.45) is 5.10 Å². The van der Waals surface area contributed by atoms with Gasteiger partial charge >= 0.3 is 5.97 Å². The van der Waals surface area contributed by atoms with Crippen molar-refractivity contribution in [3.8, 4) is 11.5 Å². The van der Waals surface area contributed by atoms with Crippen LogP contribution in [0.25, 0.3) is 0 Å². The van der Waals surface area contributed by atoms with E-state index in [2.05, 4.69) is 35.3 Å². The smallest absolute Gasteiger partial charge is 0.341 e. The van der Waals surface area contributed by atoms with E-state index in [1.807, 2.05) is 0 Å². The van der Waals surface area contributed by atoms with E-state index in [-0.39, 0.29) is 0 Å². The molecule has 2 aliphatic rings. The number of nitrogens with zero attached hydrogens (tertiary/aromatic N) is 6. The molecule has 12 nitrogen and oxygen atoms in total. The molecule has 0 atom stereocenters. The highest BCUT2D eigenvalue weighted by molar-refractivity contribution is 5.81. The van der Waals surface area contributed by atoms with Crippen LogP contribution in [0.1, 0.15) is 18.4 Å². The van der Waals surface area contributed by atoms with Crippen LogP contribution in [0, 0.1) is 0 Å². The van der Waals surface area contributed by atoms with Gasteiger partial charge < -0.3 is 29.1 Å². The van der Waals surface area contributed by atoms with Crippen LogP contribution in [0.2, 0.25) is 0 Å². The maximum absolute atomic E-state index is 10.7. The lowest BCUT2D eigenvalue weighted by Crippen LogP contribution is -2.38. The standard InChI is InChI=1S/C21H27N7O5/c1-31-17-12-15(4-5-16(17)33-14-18(29)30)13-22-26-19-23-20(27-6-2-3-7-27)25-21(24-19)28-8-10-32-11-9-28/h4-5,12-13H,2-3,6-11,14H2,1H3,(H,29,30)(H,23,24,25,26)/b22-13+. The molecule has 0 aliphatic carbocycles. The third-order valence-corrected chi connectivity index (χ3v) is 5.21. The second kappa shape index (κ2) is 10.8. The van der Waals surface area contributed by atoms with Gasteiger partial charge in [-0.25, -0.2) is 10.2 Å². The number of morpholine rings is 1. The zero-order chi connectivity index (χ0) is 23.0. The molecule has 3 heterocycles. The number of anilines is 3. The van der Waals surface area contributed by atoms with Gasteiger partial charge in [0, 0.05) is 26.2 Å². The van der Waals surface area contributed by atoms with Gasteiger partial charge in [0.2, 0.25) is 17.8 Å². The predicted molar refractivity (Wildman–Crippen MR) is 122 cm³/mol. The fourth-order valence-electron chi connectivity index (χ4n) is 3.55. The molecule has 1 aromatic heterocycles. The summed E-state index contributed by atoms with van der Waals surface area (Å²) in [5, 5.41) is 13.1. The number of hydrogen-bond acceptors (Lipinski definition) is 11. The lowest BCUT2D eigenvalue weighted by Gasteiger charge is -2.27. The minimum absolute atomic E-state index is 0.341. The third kappa shape index (κ3) is 5.98. The number of rotatable bonds is 9. The van der Waals surface area contributed by atoms with Crippen LogP contribution in [0.4, 0.5) is 17.8 Å². The molecule has 33 heavy (non-hydrogen) atoms. The third-order valence-electron chi connectivity index (χ3n) is 5.21. The van der Waals surface area contributed by atoms with E-state index in [1.165, 1.54) is 7.11 Å². The average molecular weight is 457 g/mol. The van der Waals surface area contributed by atoms with Crippen molar-refractivity contribution >= 4 is 30.0 Å². The Hall–Kier alpha value is -3.67. The number of ether oxygens (including phenoxy) is 3. The highest BCUT2D eigenvalue weighted by atomic mass is 16.5. The molecule has 2 saturated heterocycles. The monoisotopic (exact) mass is 457 g/mol. The van der Waals surface area contributed by atoms with Crippen LogP contribution >= 0.6 is 0 Å².